The maximum atomic E-state index is 5.37. The number of nitrogens with zero attached hydrogens (tertiary/aromatic N) is 4. The molecule has 0 aliphatic heterocycles. The fourth-order valence-corrected chi connectivity index (χ4v) is 4.30. The number of thiazole rings is 1. The van der Waals surface area contributed by atoms with Crippen molar-refractivity contribution in [2.75, 3.05) is 12.4 Å². The second-order valence-corrected chi connectivity index (χ2v) is 7.84. The maximum Gasteiger partial charge on any atom is 0.191 e. The number of hydrogen-bond acceptors (Lipinski definition) is 8. The van der Waals surface area contributed by atoms with Crippen molar-refractivity contribution in [1.29, 1.82) is 0 Å². The quantitative estimate of drug-likeness (QED) is 0.432. The molecular weight excluding hydrogens is 394 g/mol. The molecule has 3 heterocycles. The van der Waals surface area contributed by atoms with Gasteiger partial charge in [0.2, 0.25) is 0 Å². The summed E-state index contributed by atoms with van der Waals surface area (Å²) in [5, 5.41) is 15.7. The van der Waals surface area contributed by atoms with Gasteiger partial charge in [0.05, 0.1) is 24.6 Å². The van der Waals surface area contributed by atoms with Crippen molar-refractivity contribution < 1.29 is 9.15 Å². The number of ether oxygens (including phenoxy) is 1. The number of nitrogens with one attached hydrogen (secondary N) is 1. The molecule has 144 valence electrons. The van der Waals surface area contributed by atoms with E-state index in [1.165, 1.54) is 0 Å². The minimum atomic E-state index is 0.719. The lowest BCUT2D eigenvalue weighted by Crippen LogP contribution is -1.95. The Hall–Kier alpha value is -2.78. The summed E-state index contributed by atoms with van der Waals surface area (Å²) in [7, 11) is 3.62. The first-order chi connectivity index (χ1) is 13.6. The van der Waals surface area contributed by atoms with Gasteiger partial charge in [0, 0.05) is 23.9 Å². The Morgan fingerprint density at radius 3 is 2.75 bits per heavy atom. The first kappa shape index (κ1) is 18.6. The predicted octanol–water partition coefficient (Wildman–Crippen LogP) is 4.88. The molecule has 0 radical (unpaired) electrons. The van der Waals surface area contributed by atoms with Gasteiger partial charge < -0.3 is 19.0 Å². The van der Waals surface area contributed by atoms with E-state index in [-0.39, 0.29) is 0 Å². The zero-order chi connectivity index (χ0) is 19.5. The fraction of sp³-hybridized carbons (Fsp3) is 0.211. The van der Waals surface area contributed by atoms with E-state index in [9.17, 15) is 0 Å². The molecule has 7 nitrogen and oxygen atoms in total. The third kappa shape index (κ3) is 3.90. The highest BCUT2D eigenvalue weighted by Crippen LogP contribution is 2.29. The molecule has 0 saturated heterocycles. The Morgan fingerprint density at radius 2 is 2.04 bits per heavy atom. The second kappa shape index (κ2) is 8.07. The van der Waals surface area contributed by atoms with Crippen LogP contribution < -0.4 is 10.1 Å². The average molecular weight is 414 g/mol. The summed E-state index contributed by atoms with van der Waals surface area (Å²) in [4.78, 5) is 4.65. The number of aromatic nitrogens is 4. The zero-order valence-corrected chi connectivity index (χ0v) is 17.3. The van der Waals surface area contributed by atoms with Gasteiger partial charge >= 0.3 is 0 Å². The van der Waals surface area contributed by atoms with Crippen LogP contribution >= 0.6 is 23.1 Å². The summed E-state index contributed by atoms with van der Waals surface area (Å²) in [6.45, 7) is 1.92. The van der Waals surface area contributed by atoms with E-state index in [1.54, 1.807) is 36.5 Å². The van der Waals surface area contributed by atoms with Crippen molar-refractivity contribution in [2.24, 2.45) is 7.05 Å². The lowest BCUT2D eigenvalue weighted by atomic mass is 10.2. The van der Waals surface area contributed by atoms with Crippen molar-refractivity contribution in [3.63, 3.8) is 0 Å². The number of methoxy groups -OCH3 is 1. The van der Waals surface area contributed by atoms with Gasteiger partial charge in [0.15, 0.2) is 16.1 Å². The Morgan fingerprint density at radius 1 is 1.21 bits per heavy atom. The summed E-state index contributed by atoms with van der Waals surface area (Å²) in [5.41, 5.74) is 2.93. The van der Waals surface area contributed by atoms with Crippen LogP contribution in [0.4, 0.5) is 10.8 Å². The fourth-order valence-electron chi connectivity index (χ4n) is 2.66. The molecule has 28 heavy (non-hydrogen) atoms. The Bertz CT molecular complexity index is 1070. The molecule has 0 fully saturated rings. The van der Waals surface area contributed by atoms with E-state index in [1.807, 2.05) is 48.9 Å². The van der Waals surface area contributed by atoms with Crippen LogP contribution in [-0.2, 0) is 12.8 Å². The first-order valence-corrected chi connectivity index (χ1v) is 10.4. The molecule has 0 amide bonds. The molecule has 0 atom stereocenters. The topological polar surface area (TPSA) is 78.0 Å². The predicted molar refractivity (Wildman–Crippen MR) is 111 cm³/mol. The van der Waals surface area contributed by atoms with Crippen molar-refractivity contribution in [3.8, 4) is 17.1 Å². The van der Waals surface area contributed by atoms with E-state index < -0.39 is 0 Å². The van der Waals surface area contributed by atoms with Gasteiger partial charge in [0.1, 0.15) is 11.5 Å². The van der Waals surface area contributed by atoms with Crippen LogP contribution in [0, 0.1) is 6.92 Å². The third-order valence-corrected chi connectivity index (χ3v) is 6.04. The zero-order valence-electron chi connectivity index (χ0n) is 15.7. The third-order valence-electron chi connectivity index (χ3n) is 4.18. The molecule has 0 spiro atoms. The molecule has 0 bridgehead atoms. The first-order valence-electron chi connectivity index (χ1n) is 8.56. The van der Waals surface area contributed by atoms with Gasteiger partial charge in [-0.3, -0.25) is 0 Å². The van der Waals surface area contributed by atoms with E-state index in [0.29, 0.717) is 0 Å². The molecular formula is C19H19N5O2S2. The number of hydrogen-bond donors (Lipinski definition) is 1. The van der Waals surface area contributed by atoms with Crippen LogP contribution in [-0.4, -0.2) is 26.9 Å². The lowest BCUT2D eigenvalue weighted by molar-refractivity contribution is 0.415. The van der Waals surface area contributed by atoms with Crippen LogP contribution in [0.1, 0.15) is 11.5 Å². The minimum Gasteiger partial charge on any atom is -0.497 e. The Kier molecular flexibility index (Phi) is 5.36. The highest BCUT2D eigenvalue weighted by Gasteiger charge is 2.15. The van der Waals surface area contributed by atoms with Crippen LogP contribution in [0.15, 0.2) is 51.5 Å². The second-order valence-electron chi connectivity index (χ2n) is 6.04. The van der Waals surface area contributed by atoms with Gasteiger partial charge in [-0.25, -0.2) is 4.98 Å². The molecule has 9 heteroatoms. The molecule has 0 aliphatic carbocycles. The highest BCUT2D eigenvalue weighted by atomic mass is 32.2. The van der Waals surface area contributed by atoms with Crippen LogP contribution in [0.2, 0.25) is 0 Å². The summed E-state index contributed by atoms with van der Waals surface area (Å²) in [6, 6.07) is 9.67. The van der Waals surface area contributed by atoms with Gasteiger partial charge in [-0.1, -0.05) is 11.8 Å². The molecule has 4 rings (SSSR count). The van der Waals surface area contributed by atoms with Crippen molar-refractivity contribution in [2.45, 2.75) is 17.8 Å². The van der Waals surface area contributed by atoms with Gasteiger partial charge in [0.25, 0.3) is 0 Å². The highest BCUT2D eigenvalue weighted by molar-refractivity contribution is 7.98. The normalized spacial score (nSPS) is 11.0. The SMILES string of the molecule is COc1ccc(Nc2nc(CSc3nnc(-c4ccoc4C)n3C)cs2)cc1. The van der Waals surface area contributed by atoms with Crippen molar-refractivity contribution in [1.82, 2.24) is 19.7 Å². The number of anilines is 2. The molecule has 3 aromatic heterocycles. The van der Waals surface area contributed by atoms with Gasteiger partial charge in [-0.05, 0) is 37.3 Å². The molecule has 1 aromatic carbocycles. The summed E-state index contributed by atoms with van der Waals surface area (Å²) in [6.07, 6.45) is 1.67. The molecule has 0 aliphatic rings. The lowest BCUT2D eigenvalue weighted by Gasteiger charge is -2.04. The van der Waals surface area contributed by atoms with E-state index in [0.717, 1.165) is 50.3 Å². The molecule has 4 aromatic rings. The Balaban J connectivity index is 1.39. The van der Waals surface area contributed by atoms with Crippen molar-refractivity contribution in [3.05, 3.63) is 53.4 Å². The average Bonchev–Trinajstić information content (AvgIpc) is 3.42. The summed E-state index contributed by atoms with van der Waals surface area (Å²) >= 11 is 3.18. The number of furan rings is 1. The van der Waals surface area contributed by atoms with Crippen LogP contribution in [0.5, 0.6) is 5.75 Å². The molecule has 0 unspecified atom stereocenters. The van der Waals surface area contributed by atoms with Crippen LogP contribution in [0.3, 0.4) is 0 Å². The standard InChI is InChI=1S/C19H19N5O2S2/c1-12-16(8-9-26-12)17-22-23-19(24(17)2)28-11-14-10-27-18(21-14)20-13-4-6-15(25-3)7-5-13/h4-10H,11H2,1-3H3,(H,20,21). The van der Waals surface area contributed by atoms with Crippen molar-refractivity contribution >= 4 is 33.9 Å². The number of thioether (sulfide) groups is 1. The number of benzene rings is 1. The smallest absolute Gasteiger partial charge is 0.191 e. The summed E-state index contributed by atoms with van der Waals surface area (Å²) < 4.78 is 12.5. The monoisotopic (exact) mass is 413 g/mol. The summed E-state index contributed by atoms with van der Waals surface area (Å²) in [5.74, 6) is 3.18. The maximum absolute atomic E-state index is 5.37. The van der Waals surface area contributed by atoms with E-state index in [2.05, 4.69) is 25.9 Å². The Labute approximate surface area is 170 Å². The van der Waals surface area contributed by atoms with Gasteiger partial charge in [-0.2, -0.15) is 0 Å². The largest absolute Gasteiger partial charge is 0.497 e. The molecule has 1 N–H and O–H groups in total. The van der Waals surface area contributed by atoms with E-state index >= 15 is 0 Å². The van der Waals surface area contributed by atoms with Gasteiger partial charge in [-0.15, -0.1) is 21.5 Å². The van der Waals surface area contributed by atoms with Crippen LogP contribution in [0.25, 0.3) is 11.4 Å². The minimum absolute atomic E-state index is 0.719. The van der Waals surface area contributed by atoms with E-state index in [4.69, 9.17) is 9.15 Å². The number of aryl methyl sites for hydroxylation is 1. The number of rotatable bonds is 7. The molecule has 0 saturated carbocycles.